The predicted molar refractivity (Wildman–Crippen MR) is 77.8 cm³/mol. The summed E-state index contributed by atoms with van der Waals surface area (Å²) in [5, 5.41) is 14.4. The van der Waals surface area contributed by atoms with Crippen molar-refractivity contribution >= 4 is 17.9 Å². The van der Waals surface area contributed by atoms with Crippen molar-refractivity contribution in [2.45, 2.75) is 52.1 Å². The number of amides is 3. The number of carbonyl (C=O) groups is 3. The van der Waals surface area contributed by atoms with Crippen molar-refractivity contribution < 1.29 is 19.5 Å². The van der Waals surface area contributed by atoms with E-state index in [1.165, 1.54) is 11.9 Å². The maximum atomic E-state index is 12.4. The molecule has 0 aromatic heterocycles. The Morgan fingerprint density at radius 2 is 1.86 bits per heavy atom. The Morgan fingerprint density at radius 1 is 1.24 bits per heavy atom. The van der Waals surface area contributed by atoms with Gasteiger partial charge in [-0.3, -0.25) is 4.79 Å². The van der Waals surface area contributed by atoms with Gasteiger partial charge in [0.2, 0.25) is 5.91 Å². The molecule has 3 amide bonds. The van der Waals surface area contributed by atoms with Gasteiger partial charge in [-0.25, -0.2) is 9.59 Å². The topological polar surface area (TPSA) is 98.7 Å². The van der Waals surface area contributed by atoms with E-state index in [1.807, 2.05) is 0 Å². The van der Waals surface area contributed by atoms with E-state index >= 15 is 0 Å². The third-order valence-corrected chi connectivity index (χ3v) is 3.69. The zero-order chi connectivity index (χ0) is 16.2. The van der Waals surface area contributed by atoms with Crippen molar-refractivity contribution in [2.24, 2.45) is 5.41 Å². The number of carboxylic acids is 1. The quantitative estimate of drug-likeness (QED) is 0.717. The van der Waals surface area contributed by atoms with Gasteiger partial charge in [-0.1, -0.05) is 20.8 Å². The van der Waals surface area contributed by atoms with Crippen LogP contribution in [-0.2, 0) is 9.59 Å². The maximum Gasteiger partial charge on any atom is 0.326 e. The van der Waals surface area contributed by atoms with Crippen molar-refractivity contribution in [1.29, 1.82) is 0 Å². The van der Waals surface area contributed by atoms with Crippen molar-refractivity contribution in [3.63, 3.8) is 0 Å². The van der Waals surface area contributed by atoms with Gasteiger partial charge in [0.1, 0.15) is 12.1 Å². The van der Waals surface area contributed by atoms with Gasteiger partial charge in [0, 0.05) is 13.6 Å². The number of hydrogen-bond donors (Lipinski definition) is 3. The number of hydrogen-bond acceptors (Lipinski definition) is 3. The first-order valence-electron chi connectivity index (χ1n) is 7.20. The van der Waals surface area contributed by atoms with Crippen molar-refractivity contribution in [3.05, 3.63) is 0 Å². The number of nitrogens with one attached hydrogen (secondary N) is 2. The first-order chi connectivity index (χ1) is 9.68. The monoisotopic (exact) mass is 299 g/mol. The molecule has 0 aromatic carbocycles. The number of carbonyl (C=O) groups excluding carboxylic acids is 2. The van der Waals surface area contributed by atoms with Crippen LogP contribution in [0.1, 0.15) is 40.0 Å². The van der Waals surface area contributed by atoms with E-state index in [-0.39, 0.29) is 5.91 Å². The lowest BCUT2D eigenvalue weighted by molar-refractivity contribution is -0.142. The Bertz CT molecular complexity index is 417. The molecule has 0 bridgehead atoms. The first kappa shape index (κ1) is 17.3. The molecule has 21 heavy (non-hydrogen) atoms. The van der Waals surface area contributed by atoms with Crippen LogP contribution in [0.15, 0.2) is 0 Å². The summed E-state index contributed by atoms with van der Waals surface area (Å²) in [6, 6.07) is -2.03. The van der Waals surface area contributed by atoms with Gasteiger partial charge in [0.25, 0.3) is 0 Å². The number of nitrogens with zero attached hydrogens (tertiary/aromatic N) is 1. The molecule has 3 N–H and O–H groups in total. The summed E-state index contributed by atoms with van der Waals surface area (Å²) in [7, 11) is 1.53. The van der Waals surface area contributed by atoms with Crippen LogP contribution < -0.4 is 10.6 Å². The lowest BCUT2D eigenvalue weighted by Crippen LogP contribution is -2.59. The zero-order valence-corrected chi connectivity index (χ0v) is 13.1. The summed E-state index contributed by atoms with van der Waals surface area (Å²) < 4.78 is 0. The minimum Gasteiger partial charge on any atom is -0.480 e. The highest BCUT2D eigenvalue weighted by atomic mass is 16.4. The molecule has 0 radical (unpaired) electrons. The van der Waals surface area contributed by atoms with Crippen LogP contribution in [0.4, 0.5) is 4.79 Å². The van der Waals surface area contributed by atoms with Crippen LogP contribution in [0.2, 0.25) is 0 Å². The maximum absolute atomic E-state index is 12.4. The van der Waals surface area contributed by atoms with Crippen LogP contribution in [0.5, 0.6) is 0 Å². The summed E-state index contributed by atoms with van der Waals surface area (Å²) in [5.74, 6) is -1.29. The van der Waals surface area contributed by atoms with Crippen LogP contribution >= 0.6 is 0 Å². The number of aliphatic carboxylic acids is 1. The average molecular weight is 299 g/mol. The summed E-state index contributed by atoms with van der Waals surface area (Å²) in [5.41, 5.74) is -0.611. The molecule has 0 spiro atoms. The Hall–Kier alpha value is -1.79. The lowest BCUT2D eigenvalue weighted by atomic mass is 9.87. The highest BCUT2D eigenvalue weighted by Crippen LogP contribution is 2.22. The smallest absolute Gasteiger partial charge is 0.326 e. The van der Waals surface area contributed by atoms with Gasteiger partial charge in [0.15, 0.2) is 0 Å². The molecule has 1 aliphatic rings. The largest absolute Gasteiger partial charge is 0.480 e. The molecule has 0 aromatic rings. The second-order valence-electron chi connectivity index (χ2n) is 6.41. The fourth-order valence-electron chi connectivity index (χ4n) is 2.47. The SMILES string of the molecule is CNC(=O)C1CCCCN1C(=O)N[C@H](C(=O)O)C(C)(C)C. The number of carboxylic acid groups (broad SMARTS) is 1. The van der Waals surface area contributed by atoms with Gasteiger partial charge >= 0.3 is 12.0 Å². The highest BCUT2D eigenvalue weighted by Gasteiger charge is 2.37. The molecule has 120 valence electrons. The summed E-state index contributed by atoms with van der Waals surface area (Å²) >= 11 is 0. The molecular formula is C14H25N3O4. The van der Waals surface area contributed by atoms with Gasteiger partial charge in [0.05, 0.1) is 0 Å². The molecule has 7 nitrogen and oxygen atoms in total. The van der Waals surface area contributed by atoms with Crippen LogP contribution in [0, 0.1) is 5.41 Å². The average Bonchev–Trinajstić information content (AvgIpc) is 2.42. The number of urea groups is 1. The molecule has 0 saturated carbocycles. The fourth-order valence-corrected chi connectivity index (χ4v) is 2.47. The standard InChI is InChI=1S/C14H25N3O4/c1-14(2,3)10(12(19)20)16-13(21)17-8-6-5-7-9(17)11(18)15-4/h9-10H,5-8H2,1-4H3,(H,15,18)(H,16,21)(H,19,20)/t9?,10-/m1/s1. The number of likely N-dealkylation sites (N-methyl/N-ethyl adjacent to an activating group) is 1. The first-order valence-corrected chi connectivity index (χ1v) is 7.20. The Kier molecular flexibility index (Phi) is 5.57. The second kappa shape index (κ2) is 6.78. The molecule has 1 fully saturated rings. The van der Waals surface area contributed by atoms with Crippen LogP contribution in [-0.4, -0.2) is 53.6 Å². The molecule has 0 aliphatic carbocycles. The highest BCUT2D eigenvalue weighted by molar-refractivity contribution is 5.89. The van der Waals surface area contributed by atoms with Gasteiger partial charge in [-0.2, -0.15) is 0 Å². The molecule has 7 heteroatoms. The van der Waals surface area contributed by atoms with Crippen molar-refractivity contribution in [2.75, 3.05) is 13.6 Å². The lowest BCUT2D eigenvalue weighted by Gasteiger charge is -2.36. The van der Waals surface area contributed by atoms with E-state index in [1.54, 1.807) is 20.8 Å². The van der Waals surface area contributed by atoms with Crippen LogP contribution in [0.25, 0.3) is 0 Å². The third kappa shape index (κ3) is 4.34. The van der Waals surface area contributed by atoms with E-state index in [9.17, 15) is 19.5 Å². The van der Waals surface area contributed by atoms with Gasteiger partial charge in [-0.05, 0) is 24.7 Å². The van der Waals surface area contributed by atoms with Crippen LogP contribution in [0.3, 0.4) is 0 Å². The molecule has 1 rings (SSSR count). The number of piperidine rings is 1. The molecule has 2 atom stereocenters. The Balaban J connectivity index is 2.84. The Morgan fingerprint density at radius 3 is 2.33 bits per heavy atom. The number of likely N-dealkylation sites (tertiary alicyclic amines) is 1. The predicted octanol–water partition coefficient (Wildman–Crippen LogP) is 0.796. The second-order valence-corrected chi connectivity index (χ2v) is 6.41. The van der Waals surface area contributed by atoms with E-state index in [0.717, 1.165) is 12.8 Å². The normalized spacial score (nSPS) is 20.6. The zero-order valence-electron chi connectivity index (χ0n) is 13.1. The number of rotatable bonds is 3. The Labute approximate surface area is 125 Å². The van der Waals surface area contributed by atoms with E-state index in [2.05, 4.69) is 10.6 Å². The summed E-state index contributed by atoms with van der Waals surface area (Å²) in [6.45, 7) is 5.70. The third-order valence-electron chi connectivity index (χ3n) is 3.69. The minimum absolute atomic E-state index is 0.215. The van der Waals surface area contributed by atoms with Gasteiger partial charge in [-0.15, -0.1) is 0 Å². The van der Waals surface area contributed by atoms with Crippen molar-refractivity contribution in [1.82, 2.24) is 15.5 Å². The van der Waals surface area contributed by atoms with Crippen molar-refractivity contribution in [3.8, 4) is 0 Å². The molecule has 1 heterocycles. The fraction of sp³-hybridized carbons (Fsp3) is 0.786. The molecule has 1 saturated heterocycles. The molecule has 1 aliphatic heterocycles. The van der Waals surface area contributed by atoms with Gasteiger partial charge < -0.3 is 20.6 Å². The molecular weight excluding hydrogens is 274 g/mol. The van der Waals surface area contributed by atoms with E-state index in [4.69, 9.17) is 0 Å². The summed E-state index contributed by atoms with van der Waals surface area (Å²) in [6.07, 6.45) is 2.29. The minimum atomic E-state index is -1.08. The van der Waals surface area contributed by atoms with E-state index in [0.29, 0.717) is 13.0 Å². The molecule has 1 unspecified atom stereocenters. The summed E-state index contributed by atoms with van der Waals surface area (Å²) in [4.78, 5) is 37.0. The van der Waals surface area contributed by atoms with E-state index < -0.39 is 29.5 Å².